The SMILES string of the molecule is CC[C@]12C=CCCOC(=O)[C@H]1[C@H]1C(=O)N([C@@H](CO)Cc3ccccc3)C3C(=O)N(Cn4nnc5ccccc54)CC=C[C@@]31O2. The Balaban J connectivity index is 1.35. The van der Waals surface area contributed by atoms with E-state index >= 15 is 0 Å². The molecule has 1 unspecified atom stereocenters. The molecule has 4 aliphatic heterocycles. The van der Waals surface area contributed by atoms with Crippen molar-refractivity contribution in [3.63, 3.8) is 0 Å². The third kappa shape index (κ3) is 4.28. The van der Waals surface area contributed by atoms with Crippen molar-refractivity contribution in [2.24, 2.45) is 11.8 Å². The van der Waals surface area contributed by atoms with E-state index < -0.39 is 47.0 Å². The number of esters is 1. The number of amides is 2. The Kier molecular flexibility index (Phi) is 7.09. The Hall–Kier alpha value is -4.35. The first-order chi connectivity index (χ1) is 21.4. The van der Waals surface area contributed by atoms with E-state index in [1.54, 1.807) is 15.7 Å². The summed E-state index contributed by atoms with van der Waals surface area (Å²) in [6, 6.07) is 15.2. The molecule has 4 aliphatic rings. The fraction of sp³-hybridized carbons (Fsp3) is 0.424. The number of carbonyl (C=O) groups is 3. The number of likely N-dealkylation sites (tertiary alicyclic amines) is 1. The topological polar surface area (TPSA) is 127 Å². The molecule has 1 spiro atoms. The van der Waals surface area contributed by atoms with E-state index in [1.807, 2.05) is 79.7 Å². The molecule has 228 valence electrons. The van der Waals surface area contributed by atoms with Crippen LogP contribution in [-0.2, 0) is 36.9 Å². The molecule has 2 amide bonds. The van der Waals surface area contributed by atoms with E-state index in [9.17, 15) is 19.5 Å². The molecule has 2 aromatic carbocycles. The van der Waals surface area contributed by atoms with Gasteiger partial charge in [-0.2, -0.15) is 0 Å². The minimum absolute atomic E-state index is 0.0930. The summed E-state index contributed by atoms with van der Waals surface area (Å²) < 4.78 is 14.3. The summed E-state index contributed by atoms with van der Waals surface area (Å²) in [5, 5.41) is 19.2. The molecule has 6 atom stereocenters. The molecule has 0 aliphatic carbocycles. The second kappa shape index (κ2) is 11.0. The molecule has 0 saturated carbocycles. The van der Waals surface area contributed by atoms with Crippen molar-refractivity contribution in [3.8, 4) is 0 Å². The van der Waals surface area contributed by atoms with Crippen LogP contribution in [0.15, 0.2) is 78.9 Å². The van der Waals surface area contributed by atoms with E-state index in [-0.39, 0.29) is 32.3 Å². The Bertz CT molecular complexity index is 1650. The Morgan fingerprint density at radius 2 is 1.80 bits per heavy atom. The van der Waals surface area contributed by atoms with Crippen LogP contribution in [0.3, 0.4) is 0 Å². The van der Waals surface area contributed by atoms with Crippen molar-refractivity contribution >= 4 is 28.8 Å². The Morgan fingerprint density at radius 1 is 1.00 bits per heavy atom. The number of hydrogen-bond acceptors (Lipinski definition) is 8. The molecule has 44 heavy (non-hydrogen) atoms. The lowest BCUT2D eigenvalue weighted by atomic mass is 9.73. The average Bonchev–Trinajstić information content (AvgIpc) is 3.61. The predicted molar refractivity (Wildman–Crippen MR) is 159 cm³/mol. The first-order valence-corrected chi connectivity index (χ1v) is 15.2. The van der Waals surface area contributed by atoms with Crippen LogP contribution >= 0.6 is 0 Å². The highest BCUT2D eigenvalue weighted by Gasteiger charge is 2.76. The maximum atomic E-state index is 14.8. The van der Waals surface area contributed by atoms with Crippen LogP contribution in [-0.4, -0.2) is 90.7 Å². The zero-order chi connectivity index (χ0) is 30.5. The lowest BCUT2D eigenvalue weighted by Crippen LogP contribution is -2.59. The average molecular weight is 598 g/mol. The number of aliphatic hydroxyl groups is 1. The standard InChI is InChI=1S/C33H35N5O6/c1-2-32-15-8-9-18-43-31(42)27(32)26-29(40)38(23(20-39)19-22-11-4-3-5-12-22)28-30(41)36(17-10-16-33(26,28)44-32)21-37-25-14-7-6-13-24(25)34-35-37/h3-8,10-16,23,26-28,39H,2,9,17-21H2,1H3/t23-,26+,27-,28?,32+,33+/m1/s1. The molecule has 1 N–H and O–H groups in total. The van der Waals surface area contributed by atoms with E-state index in [0.717, 1.165) is 11.1 Å². The molecule has 5 heterocycles. The van der Waals surface area contributed by atoms with Crippen LogP contribution in [0.4, 0.5) is 0 Å². The maximum absolute atomic E-state index is 14.8. The normalized spacial score (nSPS) is 30.4. The summed E-state index contributed by atoms with van der Waals surface area (Å²) in [7, 11) is 0. The third-order valence-electron chi connectivity index (χ3n) is 9.57. The molecule has 11 heteroatoms. The first kappa shape index (κ1) is 28.4. The lowest BCUT2D eigenvalue weighted by molar-refractivity contribution is -0.164. The minimum Gasteiger partial charge on any atom is -0.465 e. The van der Waals surface area contributed by atoms with Gasteiger partial charge < -0.3 is 24.4 Å². The number of cyclic esters (lactones) is 1. The van der Waals surface area contributed by atoms with Crippen LogP contribution in [0.25, 0.3) is 11.0 Å². The molecule has 7 rings (SSSR count). The van der Waals surface area contributed by atoms with Gasteiger partial charge in [0.15, 0.2) is 0 Å². The number of aliphatic hydroxyl groups excluding tert-OH is 1. The summed E-state index contributed by atoms with van der Waals surface area (Å²) >= 11 is 0. The zero-order valence-corrected chi connectivity index (χ0v) is 24.5. The zero-order valence-electron chi connectivity index (χ0n) is 24.5. The molecule has 11 nitrogen and oxygen atoms in total. The van der Waals surface area contributed by atoms with Crippen molar-refractivity contribution in [1.29, 1.82) is 0 Å². The summed E-state index contributed by atoms with van der Waals surface area (Å²) in [4.78, 5) is 46.3. The minimum atomic E-state index is -1.45. The number of para-hydroxylation sites is 1. The van der Waals surface area contributed by atoms with Gasteiger partial charge in [0.1, 0.15) is 35.3 Å². The van der Waals surface area contributed by atoms with Crippen molar-refractivity contribution < 1.29 is 29.0 Å². The highest BCUT2D eigenvalue weighted by Crippen LogP contribution is 2.58. The van der Waals surface area contributed by atoms with E-state index in [0.29, 0.717) is 24.8 Å². The van der Waals surface area contributed by atoms with Gasteiger partial charge in [0, 0.05) is 6.54 Å². The van der Waals surface area contributed by atoms with E-state index in [2.05, 4.69) is 10.3 Å². The molecule has 1 aromatic heterocycles. The number of rotatable bonds is 7. The number of benzene rings is 2. The molecule has 2 fully saturated rings. The van der Waals surface area contributed by atoms with Crippen molar-refractivity contribution in [3.05, 3.63) is 84.5 Å². The summed E-state index contributed by atoms with van der Waals surface area (Å²) in [5.41, 5.74) is -0.200. The second-order valence-corrected chi connectivity index (χ2v) is 11.9. The predicted octanol–water partition coefficient (Wildman–Crippen LogP) is 2.25. The number of nitrogens with zero attached hydrogens (tertiary/aromatic N) is 5. The number of hydrogen-bond donors (Lipinski definition) is 1. The highest BCUT2D eigenvalue weighted by atomic mass is 16.6. The summed E-state index contributed by atoms with van der Waals surface area (Å²) in [6.45, 7) is 2.07. The lowest BCUT2D eigenvalue weighted by Gasteiger charge is -2.41. The van der Waals surface area contributed by atoms with Crippen molar-refractivity contribution in [1.82, 2.24) is 24.8 Å². The van der Waals surface area contributed by atoms with Crippen molar-refractivity contribution in [2.45, 2.75) is 56.1 Å². The fourth-order valence-corrected chi connectivity index (χ4v) is 7.56. The number of fused-ring (bicyclic) bond motifs is 3. The van der Waals surface area contributed by atoms with Crippen LogP contribution in [0.2, 0.25) is 0 Å². The fourth-order valence-electron chi connectivity index (χ4n) is 7.56. The summed E-state index contributed by atoms with van der Waals surface area (Å²) in [5.74, 6) is -3.23. The highest BCUT2D eigenvalue weighted by molar-refractivity contribution is 5.99. The van der Waals surface area contributed by atoms with Gasteiger partial charge >= 0.3 is 5.97 Å². The van der Waals surface area contributed by atoms with Gasteiger partial charge in [-0.05, 0) is 37.0 Å². The van der Waals surface area contributed by atoms with Crippen LogP contribution in [0.1, 0.15) is 25.3 Å². The number of ether oxygens (including phenoxy) is 2. The number of aromatic nitrogens is 3. The molecular formula is C33H35N5O6. The van der Waals surface area contributed by atoms with E-state index in [4.69, 9.17) is 9.47 Å². The third-order valence-corrected chi connectivity index (χ3v) is 9.57. The van der Waals surface area contributed by atoms with Gasteiger partial charge in [-0.3, -0.25) is 14.4 Å². The van der Waals surface area contributed by atoms with Gasteiger partial charge in [0.25, 0.3) is 5.91 Å². The molecular weight excluding hydrogens is 562 g/mol. The quantitative estimate of drug-likeness (QED) is 0.325. The maximum Gasteiger partial charge on any atom is 0.313 e. The van der Waals surface area contributed by atoms with Gasteiger partial charge in [0.05, 0.1) is 30.7 Å². The molecule has 3 aromatic rings. The second-order valence-electron chi connectivity index (χ2n) is 11.9. The number of carbonyl (C=O) groups excluding carboxylic acids is 3. The van der Waals surface area contributed by atoms with Gasteiger partial charge in [-0.15, -0.1) is 5.10 Å². The Labute approximate surface area is 254 Å². The van der Waals surface area contributed by atoms with Gasteiger partial charge in [-0.1, -0.05) is 78.9 Å². The van der Waals surface area contributed by atoms with Crippen molar-refractivity contribution in [2.75, 3.05) is 19.8 Å². The van der Waals surface area contributed by atoms with Crippen LogP contribution in [0.5, 0.6) is 0 Å². The van der Waals surface area contributed by atoms with Crippen LogP contribution in [0, 0.1) is 11.8 Å². The molecule has 0 bridgehead atoms. The van der Waals surface area contributed by atoms with E-state index in [1.165, 1.54) is 4.90 Å². The Morgan fingerprint density at radius 3 is 2.59 bits per heavy atom. The molecule has 2 saturated heterocycles. The smallest absolute Gasteiger partial charge is 0.313 e. The van der Waals surface area contributed by atoms with Gasteiger partial charge in [0.2, 0.25) is 5.91 Å². The largest absolute Gasteiger partial charge is 0.465 e. The molecule has 0 radical (unpaired) electrons. The summed E-state index contributed by atoms with van der Waals surface area (Å²) in [6.07, 6.45) is 8.71. The van der Waals surface area contributed by atoms with Gasteiger partial charge in [-0.25, -0.2) is 4.68 Å². The van der Waals surface area contributed by atoms with Crippen LogP contribution < -0.4 is 0 Å². The first-order valence-electron chi connectivity index (χ1n) is 15.2. The monoisotopic (exact) mass is 597 g/mol.